The van der Waals surface area contributed by atoms with Gasteiger partial charge in [0.1, 0.15) is 24.0 Å². The number of hydrogen-bond donors (Lipinski definition) is 3. The quantitative estimate of drug-likeness (QED) is 0.232. The van der Waals surface area contributed by atoms with Gasteiger partial charge in [0.15, 0.2) is 0 Å². The van der Waals surface area contributed by atoms with E-state index in [1.165, 1.54) is 19.3 Å². The van der Waals surface area contributed by atoms with E-state index in [-0.39, 0.29) is 5.91 Å². The summed E-state index contributed by atoms with van der Waals surface area (Å²) < 4.78 is 1.82. The van der Waals surface area contributed by atoms with Gasteiger partial charge >= 0.3 is 0 Å². The summed E-state index contributed by atoms with van der Waals surface area (Å²) >= 11 is 6.02. The first-order chi connectivity index (χ1) is 19.1. The molecule has 1 aliphatic carbocycles. The van der Waals surface area contributed by atoms with E-state index in [0.717, 1.165) is 30.4 Å². The number of carbonyl (C=O) groups is 1. The zero-order valence-electron chi connectivity index (χ0n) is 21.8. The van der Waals surface area contributed by atoms with Crippen LogP contribution in [0.4, 0.5) is 11.8 Å². The molecule has 1 fully saturated rings. The average molecular weight is 545 g/mol. The van der Waals surface area contributed by atoms with Gasteiger partial charge in [0.05, 0.1) is 0 Å². The zero-order valence-corrected chi connectivity index (χ0v) is 22.5. The van der Waals surface area contributed by atoms with Crippen LogP contribution in [-0.2, 0) is 17.9 Å². The maximum atomic E-state index is 13.5. The summed E-state index contributed by atoms with van der Waals surface area (Å²) in [5.74, 6) is 2.12. The second-order valence-corrected chi connectivity index (χ2v) is 10.3. The van der Waals surface area contributed by atoms with E-state index in [1.54, 1.807) is 24.9 Å². The number of pyridine rings is 1. The first-order valence-electron chi connectivity index (χ1n) is 13.4. The normalized spacial score (nSPS) is 14.5. The van der Waals surface area contributed by atoms with Crippen LogP contribution in [0.2, 0.25) is 5.02 Å². The molecule has 0 saturated heterocycles. The third-order valence-electron chi connectivity index (χ3n) is 6.97. The summed E-state index contributed by atoms with van der Waals surface area (Å²) in [6.45, 7) is 0.953. The van der Waals surface area contributed by atoms with Crippen molar-refractivity contribution < 1.29 is 4.79 Å². The van der Waals surface area contributed by atoms with Gasteiger partial charge in [-0.3, -0.25) is 14.3 Å². The second-order valence-electron chi connectivity index (χ2n) is 9.90. The van der Waals surface area contributed by atoms with Crippen LogP contribution in [0.1, 0.15) is 49.7 Å². The Morgan fingerprint density at radius 1 is 1.00 bits per heavy atom. The fraction of sp³-hybridized carbons (Fsp3) is 0.345. The van der Waals surface area contributed by atoms with E-state index in [9.17, 15) is 4.79 Å². The van der Waals surface area contributed by atoms with Crippen LogP contribution < -0.4 is 16.0 Å². The van der Waals surface area contributed by atoms with Crippen molar-refractivity contribution in [3.8, 4) is 5.82 Å². The maximum absolute atomic E-state index is 13.5. The molecule has 0 unspecified atom stereocenters. The summed E-state index contributed by atoms with van der Waals surface area (Å²) in [5, 5.41) is 10.5. The predicted octanol–water partition coefficient (Wildman–Crippen LogP) is 5.39. The minimum Gasteiger partial charge on any atom is -0.358 e. The maximum Gasteiger partial charge on any atom is 0.242 e. The number of anilines is 2. The molecule has 0 aliphatic heterocycles. The number of halogens is 1. The molecule has 0 spiro atoms. The van der Waals surface area contributed by atoms with E-state index < -0.39 is 6.04 Å². The molecule has 1 saturated carbocycles. The number of hydrogen-bond acceptors (Lipinski definition) is 7. The number of rotatable bonds is 11. The number of nitrogens with zero attached hydrogens (tertiary/aromatic N) is 5. The van der Waals surface area contributed by atoms with Crippen LogP contribution in [0.25, 0.3) is 5.82 Å². The van der Waals surface area contributed by atoms with Gasteiger partial charge in [0.2, 0.25) is 11.9 Å². The number of amides is 1. The van der Waals surface area contributed by atoms with Gasteiger partial charge in [0.25, 0.3) is 0 Å². The number of nitrogens with one attached hydrogen (secondary N) is 3. The molecule has 10 heteroatoms. The Balaban J connectivity index is 1.36. The smallest absolute Gasteiger partial charge is 0.242 e. The minimum absolute atomic E-state index is 0.0526. The Morgan fingerprint density at radius 3 is 2.59 bits per heavy atom. The topological polar surface area (TPSA) is 110 Å². The average Bonchev–Trinajstić information content (AvgIpc) is 3.52. The Morgan fingerprint density at radius 2 is 1.85 bits per heavy atom. The van der Waals surface area contributed by atoms with Gasteiger partial charge < -0.3 is 16.0 Å². The van der Waals surface area contributed by atoms with Crippen LogP contribution >= 0.6 is 11.6 Å². The van der Waals surface area contributed by atoms with Crippen LogP contribution in [-0.4, -0.2) is 36.5 Å². The fourth-order valence-electron chi connectivity index (χ4n) is 4.88. The summed E-state index contributed by atoms with van der Waals surface area (Å²) in [7, 11) is 0. The molecule has 1 aliphatic rings. The highest BCUT2D eigenvalue weighted by Gasteiger charge is 2.25. The van der Waals surface area contributed by atoms with Crippen molar-refractivity contribution in [1.82, 2.24) is 29.8 Å². The van der Waals surface area contributed by atoms with Crippen LogP contribution in [0.3, 0.4) is 0 Å². The van der Waals surface area contributed by atoms with Crippen molar-refractivity contribution in [3.05, 3.63) is 89.7 Å². The lowest BCUT2D eigenvalue weighted by Gasteiger charge is -2.27. The molecule has 1 amide bonds. The first kappa shape index (κ1) is 26.6. The lowest BCUT2D eigenvalue weighted by molar-refractivity contribution is -0.122. The molecule has 5 rings (SSSR count). The van der Waals surface area contributed by atoms with Gasteiger partial charge in [0, 0.05) is 49.0 Å². The Kier molecular flexibility index (Phi) is 9.01. The zero-order chi connectivity index (χ0) is 26.9. The van der Waals surface area contributed by atoms with Crippen molar-refractivity contribution in [3.63, 3.8) is 0 Å². The summed E-state index contributed by atoms with van der Waals surface area (Å²) in [6.07, 6.45) is 15.5. The van der Waals surface area contributed by atoms with Gasteiger partial charge in [-0.05, 0) is 41.7 Å². The van der Waals surface area contributed by atoms with E-state index in [2.05, 4.69) is 30.9 Å². The minimum atomic E-state index is -0.433. The van der Waals surface area contributed by atoms with Gasteiger partial charge in [-0.25, -0.2) is 4.98 Å². The van der Waals surface area contributed by atoms with Crippen LogP contribution in [0.15, 0.2) is 73.6 Å². The number of imidazole rings is 1. The molecular weight excluding hydrogens is 512 g/mol. The van der Waals surface area contributed by atoms with Crippen molar-refractivity contribution in [2.24, 2.45) is 5.92 Å². The van der Waals surface area contributed by atoms with Crippen molar-refractivity contribution in [2.45, 2.75) is 57.7 Å². The van der Waals surface area contributed by atoms with E-state index in [4.69, 9.17) is 16.6 Å². The molecule has 1 atom stereocenters. The third-order valence-corrected chi connectivity index (χ3v) is 7.22. The lowest BCUT2D eigenvalue weighted by atomic mass is 9.84. The molecule has 39 heavy (non-hydrogen) atoms. The molecule has 9 nitrogen and oxygen atoms in total. The van der Waals surface area contributed by atoms with Crippen LogP contribution in [0.5, 0.6) is 0 Å². The molecular formula is C29H33ClN8O. The number of carbonyl (C=O) groups excluding carboxylic acids is 1. The molecule has 202 valence electrons. The molecule has 1 aromatic carbocycles. The lowest BCUT2D eigenvalue weighted by Crippen LogP contribution is -2.41. The molecule has 4 aromatic rings. The SMILES string of the molecule is O=C(NCc1ccc(Cl)cc1)[C@@H](CC1CCCCC1)Nc1cc(-n2ccnc2)nc(NCc2cccnc2)n1. The largest absolute Gasteiger partial charge is 0.358 e. The molecule has 3 heterocycles. The van der Waals surface area contributed by atoms with Gasteiger partial charge in [-0.15, -0.1) is 0 Å². The molecule has 3 aromatic heterocycles. The standard InChI is InChI=1S/C29H33ClN8O/c30-24-10-8-22(9-11-24)18-33-28(39)25(15-21-5-2-1-3-6-21)35-26-16-27(38-14-13-32-20-38)37-29(36-26)34-19-23-7-4-12-31-17-23/h4,7-14,16-17,20-21,25H,1-3,5-6,15,18-19H2,(H,33,39)(H2,34,35,36,37)/t25-/m1/s1. The molecule has 3 N–H and O–H groups in total. The Bertz CT molecular complexity index is 1330. The van der Waals surface area contributed by atoms with Gasteiger partial charge in [-0.2, -0.15) is 9.97 Å². The highest BCUT2D eigenvalue weighted by molar-refractivity contribution is 6.30. The highest BCUT2D eigenvalue weighted by Crippen LogP contribution is 2.28. The number of aromatic nitrogens is 5. The summed E-state index contributed by atoms with van der Waals surface area (Å²) in [4.78, 5) is 31.2. The van der Waals surface area contributed by atoms with E-state index in [1.807, 2.05) is 53.2 Å². The van der Waals surface area contributed by atoms with Crippen molar-refractivity contribution >= 4 is 29.3 Å². The third kappa shape index (κ3) is 7.77. The summed E-state index contributed by atoms with van der Waals surface area (Å²) in [6, 6.07) is 12.8. The monoisotopic (exact) mass is 544 g/mol. The first-order valence-corrected chi connectivity index (χ1v) is 13.8. The Hall–Kier alpha value is -3.98. The second kappa shape index (κ2) is 13.2. The predicted molar refractivity (Wildman–Crippen MR) is 153 cm³/mol. The Labute approximate surface area is 233 Å². The highest BCUT2D eigenvalue weighted by atomic mass is 35.5. The number of benzene rings is 1. The van der Waals surface area contributed by atoms with E-state index >= 15 is 0 Å². The van der Waals surface area contributed by atoms with Crippen molar-refractivity contribution in [2.75, 3.05) is 10.6 Å². The summed E-state index contributed by atoms with van der Waals surface area (Å²) in [5.41, 5.74) is 2.01. The molecule has 0 radical (unpaired) electrons. The van der Waals surface area contributed by atoms with Gasteiger partial charge in [-0.1, -0.05) is 61.9 Å². The van der Waals surface area contributed by atoms with E-state index in [0.29, 0.717) is 41.6 Å². The van der Waals surface area contributed by atoms with Crippen LogP contribution in [0, 0.1) is 5.92 Å². The fourth-order valence-corrected chi connectivity index (χ4v) is 5.00. The van der Waals surface area contributed by atoms with Crippen molar-refractivity contribution in [1.29, 1.82) is 0 Å². The molecule has 0 bridgehead atoms.